The maximum atomic E-state index is 13.1. The summed E-state index contributed by atoms with van der Waals surface area (Å²) >= 11 is 0. The molecule has 0 saturated carbocycles. The number of nitrogens with zero attached hydrogens (tertiary/aromatic N) is 6. The Morgan fingerprint density at radius 2 is 1.00 bits per heavy atom. The molecule has 0 aliphatic carbocycles. The average molecular weight is 1030 g/mol. The van der Waals surface area contributed by atoms with Gasteiger partial charge < -0.3 is 60.9 Å². The number of ether oxygens (including phenoxy) is 2. The molecule has 4 aromatic heterocycles. The molecule has 6 heterocycles. The number of aliphatic hydroxyl groups excluding tert-OH is 4. The number of aryl methyl sites for hydroxylation is 2. The molecule has 34 nitrogen and oxygen atoms in total. The summed E-state index contributed by atoms with van der Waals surface area (Å²) in [6, 6.07) is 0. The van der Waals surface area contributed by atoms with Crippen LogP contribution in [0.5, 0.6) is 0 Å². The first-order valence-electron chi connectivity index (χ1n) is 18.6. The molecule has 0 spiro atoms. The number of anilines is 2. The van der Waals surface area contributed by atoms with Crippen LogP contribution >= 0.6 is 31.3 Å². The fourth-order valence-corrected chi connectivity index (χ4v) is 9.43. The molecule has 66 heavy (non-hydrogen) atoms. The Morgan fingerprint density at radius 3 is 1.33 bits per heavy atom. The SMILES string of the molecule is COP(=O)(O)OC(COP(=O)(O)OC[C@H]1O[C@@H]([n+]2cn(C)c3c(=O)[nH]c(N)nc32)[C@H](O)[C@@H]1O)[C@@H](COP(=O)(O)OC[C@H]1O[C@@H]([n+]2cn(C)c3c(=O)[nH]c(N)nc32)[C@H](O)[C@@H]1O)OP(=O)(O)OC. The molecule has 5 unspecified atom stereocenters. The standard InChI is InChI=1S/C28H44N10O24P4/c1-35-9-37(21-15(35)23(43)33-27(29)31-21)25-19(41)17(39)13(59-25)7-57-65(49,50)55-5-11(61-63(45,46)53-3)12(62-64(47,48)54-4)6-56-66(51,52)58-8-14-18(40)20(42)26(60-14)38-10-36(2)16-22(38)32-28(30)34-24(16)44/h9-14,17-20,25-26,39-42H,5-8H2,1-4H3,(H8-2,29,30,31,32,33,34,43,44,45,46,47,48,49,50,51,52)/p+2/t11-,12?,13-,14-,17-,18-,19-,20-,25-,26-/m1/s1. The molecule has 370 valence electrons. The van der Waals surface area contributed by atoms with Gasteiger partial charge in [-0.2, -0.15) is 0 Å². The predicted molar refractivity (Wildman–Crippen MR) is 211 cm³/mol. The first-order valence-corrected chi connectivity index (χ1v) is 24.6. The van der Waals surface area contributed by atoms with Gasteiger partial charge in [0.15, 0.2) is 12.7 Å². The number of rotatable bonds is 21. The average Bonchev–Trinajstić information content (AvgIpc) is 3.92. The topological polar surface area (TPSA) is 484 Å². The number of H-pyrrole nitrogens is 2. The number of aromatic nitrogens is 8. The highest BCUT2D eigenvalue weighted by Crippen LogP contribution is 2.52. The number of aliphatic hydroxyl groups is 4. The molecule has 0 amide bonds. The van der Waals surface area contributed by atoms with Crippen LogP contribution in [0.15, 0.2) is 22.2 Å². The zero-order valence-electron chi connectivity index (χ0n) is 34.5. The Labute approximate surface area is 368 Å². The van der Waals surface area contributed by atoms with Crippen LogP contribution in [0.25, 0.3) is 22.3 Å². The molecule has 4 aromatic rings. The third-order valence-corrected chi connectivity index (χ3v) is 13.7. The van der Waals surface area contributed by atoms with E-state index in [9.17, 15) is 67.8 Å². The minimum absolute atomic E-state index is 0.00106. The largest absolute Gasteiger partial charge is 0.472 e. The van der Waals surface area contributed by atoms with E-state index >= 15 is 0 Å². The zero-order valence-corrected chi connectivity index (χ0v) is 38.1. The Hall–Kier alpha value is -3.50. The minimum Gasteiger partial charge on any atom is -0.387 e. The van der Waals surface area contributed by atoms with E-state index in [4.69, 9.17) is 48.1 Å². The summed E-state index contributed by atoms with van der Waals surface area (Å²) in [6.07, 6.45) is -15.3. The first kappa shape index (κ1) is 51.9. The van der Waals surface area contributed by atoms with Crippen LogP contribution < -0.4 is 31.7 Å². The number of aromatic amines is 2. The van der Waals surface area contributed by atoms with Crippen LogP contribution in [0.4, 0.5) is 11.9 Å². The van der Waals surface area contributed by atoms with Gasteiger partial charge in [-0.15, -0.1) is 0 Å². The van der Waals surface area contributed by atoms with Crippen LogP contribution in [0, 0.1) is 0 Å². The lowest BCUT2D eigenvalue weighted by molar-refractivity contribution is -0.746. The van der Waals surface area contributed by atoms with Crippen molar-refractivity contribution in [3.63, 3.8) is 0 Å². The molecule has 2 aliphatic rings. The Morgan fingerprint density at radius 1 is 0.652 bits per heavy atom. The monoisotopic (exact) mass is 1030 g/mol. The third kappa shape index (κ3) is 11.5. The van der Waals surface area contributed by atoms with Crippen molar-refractivity contribution in [2.24, 2.45) is 14.1 Å². The maximum absolute atomic E-state index is 13.1. The van der Waals surface area contributed by atoms with Crippen LogP contribution in [-0.4, -0.2) is 159 Å². The summed E-state index contributed by atoms with van der Waals surface area (Å²) in [5, 5.41) is 43.1. The number of hydrogen-bond donors (Lipinski definition) is 12. The number of phosphoric ester groups is 4. The number of fused-ring (bicyclic) bond motifs is 2. The van der Waals surface area contributed by atoms with Gasteiger partial charge >= 0.3 is 42.6 Å². The van der Waals surface area contributed by atoms with E-state index in [0.717, 1.165) is 9.13 Å². The second-order valence-electron chi connectivity index (χ2n) is 14.3. The molecule has 0 aromatic carbocycles. The summed E-state index contributed by atoms with van der Waals surface area (Å²) in [4.78, 5) is 79.0. The number of nitrogens with two attached hydrogens (primary N) is 2. The summed E-state index contributed by atoms with van der Waals surface area (Å²) in [7, 11) is -17.0. The van der Waals surface area contributed by atoms with Gasteiger partial charge in [-0.25, -0.2) is 27.4 Å². The highest BCUT2D eigenvalue weighted by molar-refractivity contribution is 7.48. The summed E-state index contributed by atoms with van der Waals surface area (Å²) in [6.45, 7) is -4.83. The molecular weight excluding hydrogens is 984 g/mol. The van der Waals surface area contributed by atoms with Gasteiger partial charge in [0.2, 0.25) is 23.5 Å². The van der Waals surface area contributed by atoms with Crippen LogP contribution in [0.3, 0.4) is 0 Å². The molecule has 0 radical (unpaired) electrons. The Balaban J connectivity index is 1.12. The van der Waals surface area contributed by atoms with Gasteiger partial charge in [0.05, 0.1) is 40.5 Å². The van der Waals surface area contributed by atoms with Gasteiger partial charge in [-0.1, -0.05) is 9.97 Å². The van der Waals surface area contributed by atoms with Crippen molar-refractivity contribution in [1.29, 1.82) is 0 Å². The Kier molecular flexibility index (Phi) is 15.6. The molecule has 2 saturated heterocycles. The van der Waals surface area contributed by atoms with Gasteiger partial charge in [0.1, 0.15) is 48.8 Å². The molecule has 0 bridgehead atoms. The second-order valence-corrected chi connectivity index (χ2v) is 20.2. The van der Waals surface area contributed by atoms with E-state index in [1.807, 2.05) is 0 Å². The summed E-state index contributed by atoms with van der Waals surface area (Å²) in [5.74, 6) is -0.582. The van der Waals surface area contributed by atoms with E-state index < -0.39 is 130 Å². The second kappa shape index (κ2) is 19.8. The van der Waals surface area contributed by atoms with Crippen molar-refractivity contribution < 1.29 is 113 Å². The van der Waals surface area contributed by atoms with Crippen molar-refractivity contribution in [2.45, 2.75) is 61.3 Å². The van der Waals surface area contributed by atoms with Crippen molar-refractivity contribution >= 4 is 65.5 Å². The van der Waals surface area contributed by atoms with Crippen LogP contribution in [0.1, 0.15) is 12.5 Å². The number of phosphoric acid groups is 4. The summed E-state index contributed by atoms with van der Waals surface area (Å²) in [5.41, 5.74) is 9.89. The fraction of sp³-hybridized carbons (Fsp3) is 0.643. The molecule has 2 aliphatic heterocycles. The van der Waals surface area contributed by atoms with Crippen molar-refractivity contribution in [1.82, 2.24) is 29.1 Å². The number of nitrogen functional groups attached to an aromatic ring is 2. The van der Waals surface area contributed by atoms with E-state index in [2.05, 4.69) is 29.0 Å². The predicted octanol–water partition coefficient (Wildman–Crippen LogP) is -4.95. The molecular formula is C28H46N10O24P4+2. The van der Waals surface area contributed by atoms with Crippen molar-refractivity contribution in [3.8, 4) is 0 Å². The van der Waals surface area contributed by atoms with Crippen LogP contribution in [0.2, 0.25) is 0 Å². The highest BCUT2D eigenvalue weighted by Gasteiger charge is 2.50. The number of nitrogens with one attached hydrogen (secondary N) is 2. The van der Waals surface area contributed by atoms with Gasteiger partial charge in [0, 0.05) is 14.2 Å². The van der Waals surface area contributed by atoms with Gasteiger partial charge in [-0.05, 0) is 0 Å². The highest BCUT2D eigenvalue weighted by atomic mass is 31.2. The smallest absolute Gasteiger partial charge is 0.387 e. The lowest BCUT2D eigenvalue weighted by Crippen LogP contribution is -2.46. The quantitative estimate of drug-likeness (QED) is 0.0275. The van der Waals surface area contributed by atoms with Gasteiger partial charge in [-0.3, -0.25) is 64.9 Å². The van der Waals surface area contributed by atoms with E-state index in [-0.39, 0.29) is 34.2 Å². The fourth-order valence-electron chi connectivity index (χ4n) is 6.69. The van der Waals surface area contributed by atoms with Crippen molar-refractivity contribution in [3.05, 3.63) is 33.4 Å². The Bertz CT molecular complexity index is 2550. The molecule has 14 atom stereocenters. The number of imidazole rings is 2. The molecule has 6 rings (SSSR count). The van der Waals surface area contributed by atoms with Crippen LogP contribution in [-0.2, 0) is 78.0 Å². The lowest BCUT2D eigenvalue weighted by atomic mass is 10.1. The summed E-state index contributed by atoms with van der Waals surface area (Å²) < 4.78 is 106. The molecule has 2 fully saturated rings. The minimum atomic E-state index is -5.41. The third-order valence-electron chi connectivity index (χ3n) is 9.82. The van der Waals surface area contributed by atoms with E-state index in [1.54, 1.807) is 0 Å². The number of hydrogen-bond acceptors (Lipinski definition) is 24. The first-order chi connectivity index (χ1) is 30.7. The van der Waals surface area contributed by atoms with Crippen molar-refractivity contribution in [2.75, 3.05) is 52.1 Å². The maximum Gasteiger partial charge on any atom is 0.472 e. The molecule has 14 N–H and O–H groups in total. The van der Waals surface area contributed by atoms with Gasteiger partial charge in [0.25, 0.3) is 23.0 Å². The van der Waals surface area contributed by atoms with E-state index in [0.29, 0.717) is 14.2 Å². The lowest BCUT2D eigenvalue weighted by Gasteiger charge is -2.29. The molecule has 38 heteroatoms. The zero-order chi connectivity index (χ0) is 48.8. The van der Waals surface area contributed by atoms with E-state index in [1.165, 1.54) is 35.9 Å². The normalized spacial score (nSPS) is 28.2.